The Hall–Kier alpha value is -13.0. The van der Waals surface area contributed by atoms with Crippen molar-refractivity contribution in [3.8, 4) is 0 Å². The highest BCUT2D eigenvalue weighted by Gasteiger charge is 2.46. The van der Waals surface area contributed by atoms with Crippen molar-refractivity contribution in [3.63, 3.8) is 0 Å². The van der Waals surface area contributed by atoms with E-state index in [1.165, 1.54) is 33.8 Å². The largest absolute Gasteiger partial charge is 0.481 e. The van der Waals surface area contributed by atoms with Gasteiger partial charge in [0.15, 0.2) is 78.6 Å². The van der Waals surface area contributed by atoms with Crippen molar-refractivity contribution in [1.82, 2.24) is 111 Å². The molecule has 34 N–H and O–H groups in total. The lowest BCUT2D eigenvalue weighted by molar-refractivity contribution is -0.151. The van der Waals surface area contributed by atoms with Crippen LogP contribution in [0.1, 0.15) is 146 Å². The van der Waals surface area contributed by atoms with Crippen molar-refractivity contribution in [2.75, 3.05) is 32.7 Å². The molecule has 0 spiro atoms. The standard InChI is InChI=1S/C78H128N28O27/c1-37(2)28-47(35-112)96-66(76(132)102-61(88-39(5)31-108)71(127)90-40(6)67(123)89-41(7)68(124)100-60(86-25-27-107)70(126)103-63(97-48(36-113)29-54(119)120)72(128)92-43(9)91-49(17-12-13-23-79)58(121)42(8)114)105-75(131)65(95-46(34-111)20-22-52(82)117)104-74(130)64(93-44(32-109)16-15-24-87-78(84)85)101-69(125)57(50(115)30-80)106-26-14-10-11-18-53(118)98-62(94-45(33-110)19-21-51(81)116)73(129)99-56(77(106)133)59(122)55(83)38(3)4/h10,14,27,31-41,43-49,55-57,60-66,86,88,91,93-97H,11-13,15-26,28-30,79-80,83H2,1-9H3,(H2,81,116)(H2,82,117)(H,89,123)(H,90,127)(H,92,128)(H,98,118)(H,99,129)(H,100,124)(H,101,125)(H,102,132)(H,103,126)(H,104,130)(H,105,131)(H,119,120)(H4,84,85,87)/b14-10+/t39-,40-,41-,43+,44+,45+,46+,47+,48+,49-,55-,56-,57-,60+,61-,62+,63+,64+,65-,66+/m0/s1. The van der Waals surface area contributed by atoms with Crippen LogP contribution < -0.4 is 141 Å². The van der Waals surface area contributed by atoms with Crippen molar-refractivity contribution >= 4 is 162 Å². The number of aliphatic carboxylic acids is 1. The Morgan fingerprint density at radius 1 is 0.534 bits per heavy atom. The van der Waals surface area contributed by atoms with E-state index in [1.54, 1.807) is 13.8 Å². The highest BCUT2D eigenvalue weighted by Crippen LogP contribution is 2.15. The molecule has 20 atom stereocenters. The van der Waals surface area contributed by atoms with E-state index in [2.05, 4.69) is 106 Å². The monoisotopic (exact) mass is 1890 g/mol. The summed E-state index contributed by atoms with van der Waals surface area (Å²) in [5.74, 6) is -26.3. The number of rotatable bonds is 67. The number of ketones is 4. The predicted octanol–water partition coefficient (Wildman–Crippen LogP) is -15.0. The van der Waals surface area contributed by atoms with Gasteiger partial charge in [0, 0.05) is 39.3 Å². The maximum Gasteiger partial charge on any atom is 0.305 e. The van der Waals surface area contributed by atoms with E-state index >= 15 is 19.2 Å². The van der Waals surface area contributed by atoms with Crippen LogP contribution in [0.25, 0.3) is 0 Å². The van der Waals surface area contributed by atoms with Crippen LogP contribution >= 0.6 is 0 Å². The van der Waals surface area contributed by atoms with Gasteiger partial charge in [-0.3, -0.25) is 139 Å². The van der Waals surface area contributed by atoms with Crippen LogP contribution in [-0.4, -0.2) is 326 Å². The second-order valence-electron chi connectivity index (χ2n) is 31.4. The number of Topliss-reactive ketones (excluding diaryl/α,β-unsaturated/α-hetero) is 4. The number of carboxylic acid groups (broad SMARTS) is 1. The van der Waals surface area contributed by atoms with Gasteiger partial charge in [-0.05, 0) is 97.4 Å². The van der Waals surface area contributed by atoms with Crippen molar-refractivity contribution in [1.29, 1.82) is 5.41 Å². The minimum atomic E-state index is -2.61. The molecular weight excluding hydrogens is 1760 g/mol. The molecule has 0 fully saturated rings. The number of carbonyl (C=O) groups excluding carboxylic acids is 25. The van der Waals surface area contributed by atoms with E-state index in [4.69, 9.17) is 39.8 Å². The number of unbranched alkanes of at least 4 members (excludes halogenated alkanes) is 1. The highest BCUT2D eigenvalue weighted by atomic mass is 16.4. The number of primary amides is 2. The molecule has 1 rings (SSSR count). The third-order valence-electron chi connectivity index (χ3n) is 19.3. The van der Waals surface area contributed by atoms with Gasteiger partial charge in [-0.2, -0.15) is 0 Å². The number of guanidine groups is 1. The maximum absolute atomic E-state index is 15.3. The zero-order valence-corrected chi connectivity index (χ0v) is 75.1. The summed E-state index contributed by atoms with van der Waals surface area (Å²) in [5.41, 5.74) is 33.9. The number of aldehydes is 7. The smallest absolute Gasteiger partial charge is 0.305 e. The van der Waals surface area contributed by atoms with Gasteiger partial charge in [0.05, 0.1) is 74.0 Å². The maximum atomic E-state index is 15.3. The number of nitrogens with two attached hydrogens (primary N) is 6. The Balaban J connectivity index is 4.22. The second-order valence-corrected chi connectivity index (χ2v) is 31.4. The Kier molecular flexibility index (Phi) is 55.3. The second kappa shape index (κ2) is 62.4. The molecule has 14 amide bonds. The lowest BCUT2D eigenvalue weighted by Gasteiger charge is -2.34. The first kappa shape index (κ1) is 118. The highest BCUT2D eigenvalue weighted by molar-refractivity contribution is 6.38. The van der Waals surface area contributed by atoms with Crippen LogP contribution in [0.2, 0.25) is 0 Å². The molecule has 0 saturated carbocycles. The summed E-state index contributed by atoms with van der Waals surface area (Å²) in [6.45, 7) is 9.11. The zero-order valence-electron chi connectivity index (χ0n) is 75.1. The number of nitrogens with one attached hydrogen (secondary N) is 21. The lowest BCUT2D eigenvalue weighted by Crippen LogP contribution is -2.70. The van der Waals surface area contributed by atoms with Gasteiger partial charge in [-0.1, -0.05) is 46.3 Å². The number of allylic oxidation sites excluding steroid dienone is 1. The average molecular weight is 1890 g/mol. The van der Waals surface area contributed by atoms with Crippen LogP contribution in [-0.2, 0) is 125 Å². The summed E-state index contributed by atoms with van der Waals surface area (Å²) in [6.07, 6.45) is -16.1. The molecule has 1 heterocycles. The first-order valence-electron chi connectivity index (χ1n) is 42.2. The third-order valence-corrected chi connectivity index (χ3v) is 19.3. The van der Waals surface area contributed by atoms with Crippen LogP contribution in [0.5, 0.6) is 0 Å². The summed E-state index contributed by atoms with van der Waals surface area (Å²) in [7, 11) is 0. The van der Waals surface area contributed by atoms with Gasteiger partial charge in [0.25, 0.3) is 53.2 Å². The van der Waals surface area contributed by atoms with Gasteiger partial charge < -0.3 is 142 Å². The van der Waals surface area contributed by atoms with Crippen LogP contribution in [0, 0.1) is 17.2 Å². The molecule has 742 valence electrons. The molecule has 1 aliphatic rings. The predicted molar refractivity (Wildman–Crippen MR) is 465 cm³/mol. The van der Waals surface area contributed by atoms with E-state index in [0.717, 1.165) is 26.8 Å². The van der Waals surface area contributed by atoms with Gasteiger partial charge in [0.1, 0.15) is 56.1 Å². The Morgan fingerprint density at radius 2 is 1.00 bits per heavy atom. The van der Waals surface area contributed by atoms with Gasteiger partial charge >= 0.3 is 5.97 Å². The molecule has 55 nitrogen and oxygen atoms in total. The Labute approximate surface area is 764 Å². The third kappa shape index (κ3) is 44.6. The van der Waals surface area contributed by atoms with Gasteiger partial charge in [0.2, 0.25) is 35.3 Å². The molecule has 0 unspecified atom stereocenters. The normalized spacial score (nSPS) is 17.8. The number of hydrogen-bond acceptors (Lipinski definition) is 38. The molecule has 0 aromatic heterocycles. The van der Waals surface area contributed by atoms with Crippen LogP contribution in [0.15, 0.2) is 12.2 Å². The fraction of sp³-hybridized carbons (Fsp3) is 0.628. The first-order valence-corrected chi connectivity index (χ1v) is 42.2. The summed E-state index contributed by atoms with van der Waals surface area (Å²) in [5, 5.41) is 64.0. The number of carbonyl (C=O) groups is 26. The Morgan fingerprint density at radius 3 is 1.47 bits per heavy atom. The SMILES string of the molecule is CC(=O)C(=O)[C@H](CCCCN)N[C@@H](C)NC(=O)[C@@H](NC(=O)[C@H](NCC=O)NC(=O)[C@H](C)NC(=O)[C@H](C)NC(=O)[C@H](NC(=O)[C@@H](NC(=O)[C@H](NC(=O)[C@@H](NC(=O)[C@H](C(=O)CN)N1C/C=C/CCC(=O)N[C@@H](N[C@@H](C=O)CCC(N)=O)C(=O)N[C@@H](C(=O)[C@@H](N)C(C)C)C1=O)N[C@@H](C=O)CCCNC(=N)N)N[C@@H](C=O)CCC(N)=O)N[C@@H](C=O)CC(C)C)N[C@@H](C)C=O)N[C@@H](C=O)CC(=O)O. The van der Waals surface area contributed by atoms with Crippen molar-refractivity contribution in [2.24, 2.45) is 46.2 Å². The lowest BCUT2D eigenvalue weighted by atomic mass is 9.94. The number of hydrogen-bond donors (Lipinski definition) is 28. The fourth-order valence-electron chi connectivity index (χ4n) is 12.2. The molecule has 0 saturated heterocycles. The molecule has 133 heavy (non-hydrogen) atoms. The van der Waals surface area contributed by atoms with Crippen molar-refractivity contribution in [3.05, 3.63) is 12.2 Å². The molecule has 0 aromatic carbocycles. The summed E-state index contributed by atoms with van der Waals surface area (Å²) < 4.78 is 0. The Bertz CT molecular complexity index is 4120. The van der Waals surface area contributed by atoms with Crippen LogP contribution in [0.4, 0.5) is 0 Å². The quantitative estimate of drug-likeness (QED) is 0.00393. The topological polar surface area (TPSA) is 888 Å². The van der Waals surface area contributed by atoms with E-state index in [-0.39, 0.29) is 95.6 Å². The molecule has 55 heteroatoms. The summed E-state index contributed by atoms with van der Waals surface area (Å²) in [6, 6.07) is -20.7. The molecular formula is C78H128N28O27. The van der Waals surface area contributed by atoms with Crippen LogP contribution in [0.3, 0.4) is 0 Å². The molecule has 1 aliphatic heterocycles. The van der Waals surface area contributed by atoms with Gasteiger partial charge in [-0.15, -0.1) is 0 Å². The number of amides is 14. The fourth-order valence-corrected chi connectivity index (χ4v) is 12.2. The molecule has 0 aromatic rings. The van der Waals surface area contributed by atoms with Crippen molar-refractivity contribution < 1.29 is 130 Å². The van der Waals surface area contributed by atoms with E-state index < -0.39 is 303 Å². The van der Waals surface area contributed by atoms with Crippen molar-refractivity contribution in [2.45, 2.75) is 268 Å². The minimum Gasteiger partial charge on any atom is -0.481 e. The molecule has 0 bridgehead atoms. The van der Waals surface area contributed by atoms with E-state index in [0.29, 0.717) is 17.7 Å². The molecule has 0 radical (unpaired) electrons. The summed E-state index contributed by atoms with van der Waals surface area (Å²) in [4.78, 5) is 351. The summed E-state index contributed by atoms with van der Waals surface area (Å²) >= 11 is 0. The minimum absolute atomic E-state index is 0.0710. The van der Waals surface area contributed by atoms with Gasteiger partial charge in [-0.25, -0.2) is 0 Å². The number of nitrogens with zero attached hydrogens (tertiary/aromatic N) is 1. The average Bonchev–Trinajstić information content (AvgIpc) is 1.42. The molecule has 0 aliphatic carbocycles. The van der Waals surface area contributed by atoms with E-state index in [9.17, 15) is 111 Å². The van der Waals surface area contributed by atoms with E-state index in [1.807, 2.05) is 0 Å². The zero-order chi connectivity index (χ0) is 101. The first-order chi connectivity index (χ1) is 62.6. The number of carboxylic acids is 1.